The van der Waals surface area contributed by atoms with Gasteiger partial charge in [-0.05, 0) is 55.5 Å². The SMILES string of the molecule is Clc1ccc(N2CCC3CCCc4ccncc4C3=N2)cc1Cl. The summed E-state index contributed by atoms with van der Waals surface area (Å²) >= 11 is 12.2. The Hall–Kier alpha value is -1.58. The van der Waals surface area contributed by atoms with Crippen LogP contribution in [-0.4, -0.2) is 17.2 Å². The lowest BCUT2D eigenvalue weighted by molar-refractivity contribution is 0.532. The Morgan fingerprint density at radius 2 is 2.00 bits per heavy atom. The maximum atomic E-state index is 6.16. The number of rotatable bonds is 1. The molecule has 0 saturated carbocycles. The number of nitrogens with zero attached hydrogens (tertiary/aromatic N) is 3. The molecule has 1 aromatic heterocycles. The van der Waals surface area contributed by atoms with Crippen LogP contribution in [0.15, 0.2) is 41.8 Å². The average Bonchev–Trinajstić information content (AvgIpc) is 2.76. The number of aryl methyl sites for hydroxylation is 1. The number of pyridine rings is 1. The summed E-state index contributed by atoms with van der Waals surface area (Å²) in [7, 11) is 0. The minimum Gasteiger partial charge on any atom is -0.265 e. The van der Waals surface area contributed by atoms with E-state index < -0.39 is 0 Å². The molecule has 1 unspecified atom stereocenters. The van der Waals surface area contributed by atoms with E-state index >= 15 is 0 Å². The van der Waals surface area contributed by atoms with Crippen LogP contribution in [0.25, 0.3) is 0 Å². The minimum absolute atomic E-state index is 0.527. The Balaban J connectivity index is 1.76. The molecule has 0 radical (unpaired) electrons. The molecule has 2 aliphatic rings. The Morgan fingerprint density at radius 1 is 1.09 bits per heavy atom. The van der Waals surface area contributed by atoms with Crippen molar-refractivity contribution in [1.82, 2.24) is 4.98 Å². The third kappa shape index (κ3) is 2.84. The van der Waals surface area contributed by atoms with Crippen LogP contribution in [0.4, 0.5) is 5.69 Å². The highest BCUT2D eigenvalue weighted by molar-refractivity contribution is 6.42. The number of hydrazone groups is 1. The Labute approximate surface area is 145 Å². The molecule has 2 aromatic rings. The molecule has 2 heterocycles. The molecule has 1 aliphatic heterocycles. The van der Waals surface area contributed by atoms with Gasteiger partial charge in [0.05, 0.1) is 21.4 Å². The zero-order valence-corrected chi connectivity index (χ0v) is 14.2. The standard InChI is InChI=1S/C18H17Cl2N3/c19-16-5-4-14(10-17(16)20)23-9-7-13-3-1-2-12-6-8-21-11-15(12)18(13)22-23/h4-6,8,10-11,13H,1-3,7,9H2. The summed E-state index contributed by atoms with van der Waals surface area (Å²) in [5.74, 6) is 0.527. The van der Waals surface area contributed by atoms with E-state index in [1.807, 2.05) is 35.6 Å². The maximum absolute atomic E-state index is 6.16. The molecule has 118 valence electrons. The van der Waals surface area contributed by atoms with E-state index in [0.29, 0.717) is 16.0 Å². The summed E-state index contributed by atoms with van der Waals surface area (Å²) in [4.78, 5) is 4.32. The van der Waals surface area contributed by atoms with Crippen molar-refractivity contribution in [2.45, 2.75) is 25.7 Å². The number of hydrogen-bond donors (Lipinski definition) is 0. The quantitative estimate of drug-likeness (QED) is 0.730. The summed E-state index contributed by atoms with van der Waals surface area (Å²) in [5, 5.41) is 8.13. The van der Waals surface area contributed by atoms with Gasteiger partial charge in [-0.1, -0.05) is 23.2 Å². The maximum Gasteiger partial charge on any atom is 0.0731 e. The summed E-state index contributed by atoms with van der Waals surface area (Å²) < 4.78 is 0. The minimum atomic E-state index is 0.527. The first kappa shape index (κ1) is 15.0. The summed E-state index contributed by atoms with van der Waals surface area (Å²) in [5.41, 5.74) is 4.72. The lowest BCUT2D eigenvalue weighted by Gasteiger charge is -2.30. The van der Waals surface area contributed by atoms with Crippen molar-refractivity contribution < 1.29 is 0 Å². The lowest BCUT2D eigenvalue weighted by Crippen LogP contribution is -2.32. The molecule has 5 heteroatoms. The van der Waals surface area contributed by atoms with Crippen LogP contribution in [-0.2, 0) is 6.42 Å². The third-order valence-corrected chi connectivity index (χ3v) is 5.43. The fraction of sp³-hybridized carbons (Fsp3) is 0.333. The predicted octanol–water partition coefficient (Wildman–Crippen LogP) is 4.96. The predicted molar refractivity (Wildman–Crippen MR) is 95.6 cm³/mol. The van der Waals surface area contributed by atoms with E-state index in [1.165, 1.54) is 29.7 Å². The molecule has 3 nitrogen and oxygen atoms in total. The van der Waals surface area contributed by atoms with Crippen LogP contribution in [0.3, 0.4) is 0 Å². The molecule has 0 amide bonds. The van der Waals surface area contributed by atoms with Crippen molar-refractivity contribution in [1.29, 1.82) is 0 Å². The van der Waals surface area contributed by atoms with Crippen molar-refractivity contribution in [3.8, 4) is 0 Å². The molecule has 1 atom stereocenters. The normalized spacial score (nSPS) is 20.3. The van der Waals surface area contributed by atoms with Crippen LogP contribution < -0.4 is 5.01 Å². The lowest BCUT2D eigenvalue weighted by atomic mass is 9.91. The monoisotopic (exact) mass is 345 g/mol. The second kappa shape index (κ2) is 6.14. The zero-order valence-electron chi connectivity index (χ0n) is 12.7. The van der Waals surface area contributed by atoms with Gasteiger partial charge in [-0.2, -0.15) is 5.10 Å². The van der Waals surface area contributed by atoms with Crippen molar-refractivity contribution in [2.24, 2.45) is 11.0 Å². The number of benzene rings is 1. The van der Waals surface area contributed by atoms with Gasteiger partial charge in [0.25, 0.3) is 0 Å². The highest BCUT2D eigenvalue weighted by atomic mass is 35.5. The van der Waals surface area contributed by atoms with E-state index in [9.17, 15) is 0 Å². The fourth-order valence-corrected chi connectivity index (χ4v) is 3.77. The Bertz CT molecular complexity index is 773. The summed E-state index contributed by atoms with van der Waals surface area (Å²) in [6.07, 6.45) is 8.47. The molecule has 23 heavy (non-hydrogen) atoms. The number of fused-ring (bicyclic) bond motifs is 3. The fourth-order valence-electron chi connectivity index (χ4n) is 3.47. The van der Waals surface area contributed by atoms with Gasteiger partial charge in [0.15, 0.2) is 0 Å². The van der Waals surface area contributed by atoms with E-state index in [1.54, 1.807) is 0 Å². The number of hydrogen-bond acceptors (Lipinski definition) is 3. The van der Waals surface area contributed by atoms with Gasteiger partial charge in [-0.25, -0.2) is 0 Å². The van der Waals surface area contributed by atoms with Gasteiger partial charge < -0.3 is 0 Å². The first-order chi connectivity index (χ1) is 11.2. The molecular weight excluding hydrogens is 329 g/mol. The number of anilines is 1. The summed E-state index contributed by atoms with van der Waals surface area (Å²) in [6.45, 7) is 0.904. The highest BCUT2D eigenvalue weighted by Gasteiger charge is 2.28. The molecule has 0 bridgehead atoms. The molecule has 0 N–H and O–H groups in total. The van der Waals surface area contributed by atoms with Gasteiger partial charge >= 0.3 is 0 Å². The van der Waals surface area contributed by atoms with Crippen molar-refractivity contribution >= 4 is 34.6 Å². The van der Waals surface area contributed by atoms with Gasteiger partial charge in [0, 0.05) is 30.4 Å². The molecular formula is C18H17Cl2N3. The topological polar surface area (TPSA) is 28.5 Å². The third-order valence-electron chi connectivity index (χ3n) is 4.69. The second-order valence-electron chi connectivity index (χ2n) is 6.12. The molecule has 0 saturated heterocycles. The highest BCUT2D eigenvalue weighted by Crippen LogP contribution is 2.33. The molecule has 0 spiro atoms. The summed E-state index contributed by atoms with van der Waals surface area (Å²) in [6, 6.07) is 7.81. The van der Waals surface area contributed by atoms with E-state index in [0.717, 1.165) is 25.1 Å². The van der Waals surface area contributed by atoms with Crippen molar-refractivity contribution in [3.05, 3.63) is 57.8 Å². The first-order valence-corrected chi connectivity index (χ1v) is 8.72. The van der Waals surface area contributed by atoms with Gasteiger partial charge in [0.2, 0.25) is 0 Å². The number of aromatic nitrogens is 1. The van der Waals surface area contributed by atoms with E-state index in [2.05, 4.69) is 11.1 Å². The van der Waals surface area contributed by atoms with Gasteiger partial charge in [0.1, 0.15) is 0 Å². The van der Waals surface area contributed by atoms with Crippen molar-refractivity contribution in [3.63, 3.8) is 0 Å². The van der Waals surface area contributed by atoms with Crippen LogP contribution in [0.1, 0.15) is 30.4 Å². The van der Waals surface area contributed by atoms with Crippen LogP contribution >= 0.6 is 23.2 Å². The molecule has 1 aromatic carbocycles. The molecule has 1 aliphatic carbocycles. The zero-order chi connectivity index (χ0) is 15.8. The smallest absolute Gasteiger partial charge is 0.0731 e. The van der Waals surface area contributed by atoms with E-state index in [4.69, 9.17) is 28.3 Å². The van der Waals surface area contributed by atoms with Crippen LogP contribution in [0.2, 0.25) is 10.0 Å². The van der Waals surface area contributed by atoms with Crippen molar-refractivity contribution in [2.75, 3.05) is 11.6 Å². The van der Waals surface area contributed by atoms with Gasteiger partial charge in [-0.3, -0.25) is 9.99 Å². The Morgan fingerprint density at radius 3 is 2.87 bits per heavy atom. The second-order valence-corrected chi connectivity index (χ2v) is 6.93. The number of halogens is 2. The first-order valence-electron chi connectivity index (χ1n) is 7.97. The van der Waals surface area contributed by atoms with Crippen LogP contribution in [0, 0.1) is 5.92 Å². The Kier molecular flexibility index (Phi) is 4.00. The molecule has 0 fully saturated rings. The van der Waals surface area contributed by atoms with Crippen LogP contribution in [0.5, 0.6) is 0 Å². The molecule has 4 rings (SSSR count). The van der Waals surface area contributed by atoms with Gasteiger partial charge in [-0.15, -0.1) is 0 Å². The average molecular weight is 346 g/mol. The van der Waals surface area contributed by atoms with E-state index in [-0.39, 0.29) is 0 Å². The largest absolute Gasteiger partial charge is 0.265 e.